The Labute approximate surface area is 120 Å². The van der Waals surface area contributed by atoms with Crippen LogP contribution >= 0.6 is 0 Å². The molecule has 0 heteroatoms. The number of hydrogen-bond acceptors (Lipinski definition) is 0. The standard InChI is InChI=1S/C19H32/c1-14(2)18(5,6)13-16-9-11-17(12-10-16)19(7,8)15(3)4/h9-12,14-15H,13H2,1-8H3. The van der Waals surface area contributed by atoms with Gasteiger partial charge in [0.25, 0.3) is 0 Å². The molecule has 1 aromatic carbocycles. The third-order valence-electron chi connectivity index (χ3n) is 5.36. The molecular formula is C19H32. The van der Waals surface area contributed by atoms with Gasteiger partial charge in [-0.2, -0.15) is 0 Å². The summed E-state index contributed by atoms with van der Waals surface area (Å²) < 4.78 is 0. The van der Waals surface area contributed by atoms with Gasteiger partial charge in [-0.25, -0.2) is 0 Å². The molecule has 108 valence electrons. The normalized spacial score (nSPS) is 13.4. The van der Waals surface area contributed by atoms with E-state index in [1.165, 1.54) is 11.1 Å². The van der Waals surface area contributed by atoms with Crippen LogP contribution in [0.2, 0.25) is 0 Å². The van der Waals surface area contributed by atoms with Gasteiger partial charge in [-0.1, -0.05) is 79.7 Å². The van der Waals surface area contributed by atoms with Crippen LogP contribution in [0.1, 0.15) is 66.5 Å². The molecule has 0 bridgehead atoms. The van der Waals surface area contributed by atoms with Crippen LogP contribution < -0.4 is 0 Å². The summed E-state index contributed by atoms with van der Waals surface area (Å²) in [6, 6.07) is 9.30. The van der Waals surface area contributed by atoms with Crippen LogP contribution in [0.25, 0.3) is 0 Å². The average molecular weight is 260 g/mol. The maximum Gasteiger partial charge on any atom is -0.00806 e. The first-order valence-corrected chi connectivity index (χ1v) is 7.67. The van der Waals surface area contributed by atoms with Crippen molar-refractivity contribution in [3.05, 3.63) is 35.4 Å². The third-order valence-corrected chi connectivity index (χ3v) is 5.36. The van der Waals surface area contributed by atoms with Gasteiger partial charge in [0.2, 0.25) is 0 Å². The predicted molar refractivity (Wildman–Crippen MR) is 86.6 cm³/mol. The first kappa shape index (κ1) is 16.3. The Morgan fingerprint density at radius 1 is 0.789 bits per heavy atom. The summed E-state index contributed by atoms with van der Waals surface area (Å²) in [5.74, 6) is 1.37. The molecule has 0 atom stereocenters. The van der Waals surface area contributed by atoms with Gasteiger partial charge < -0.3 is 0 Å². The molecule has 0 aromatic heterocycles. The van der Waals surface area contributed by atoms with Gasteiger partial charge in [-0.3, -0.25) is 0 Å². The molecule has 0 amide bonds. The summed E-state index contributed by atoms with van der Waals surface area (Å²) in [6.45, 7) is 18.6. The summed E-state index contributed by atoms with van der Waals surface area (Å²) >= 11 is 0. The molecule has 1 aromatic rings. The summed E-state index contributed by atoms with van der Waals surface area (Å²) in [6.07, 6.45) is 1.16. The van der Waals surface area contributed by atoms with Gasteiger partial charge >= 0.3 is 0 Å². The molecule has 0 heterocycles. The molecule has 0 aliphatic rings. The van der Waals surface area contributed by atoms with Gasteiger partial charge in [0, 0.05) is 0 Å². The van der Waals surface area contributed by atoms with E-state index in [4.69, 9.17) is 0 Å². The highest BCUT2D eigenvalue weighted by Crippen LogP contribution is 2.33. The fourth-order valence-corrected chi connectivity index (χ4v) is 2.12. The van der Waals surface area contributed by atoms with Gasteiger partial charge in [0.05, 0.1) is 0 Å². The Morgan fingerprint density at radius 2 is 1.26 bits per heavy atom. The minimum Gasteiger partial charge on any atom is -0.0623 e. The molecule has 0 N–H and O–H groups in total. The molecule has 0 unspecified atom stereocenters. The lowest BCUT2D eigenvalue weighted by atomic mass is 9.73. The molecule has 0 saturated heterocycles. The van der Waals surface area contributed by atoms with Gasteiger partial charge in [0.1, 0.15) is 0 Å². The Hall–Kier alpha value is -0.780. The SMILES string of the molecule is CC(C)C(C)(C)Cc1ccc(C(C)(C)C(C)C)cc1. The largest absolute Gasteiger partial charge is 0.0623 e. The smallest absolute Gasteiger partial charge is 0.00806 e. The van der Waals surface area contributed by atoms with Crippen LogP contribution in [-0.2, 0) is 11.8 Å². The zero-order valence-electron chi connectivity index (χ0n) is 14.2. The minimum atomic E-state index is 0.256. The number of rotatable bonds is 5. The molecule has 0 fully saturated rings. The highest BCUT2D eigenvalue weighted by molar-refractivity contribution is 5.29. The molecule has 0 aliphatic carbocycles. The van der Waals surface area contributed by atoms with Crippen LogP contribution in [0.5, 0.6) is 0 Å². The lowest BCUT2D eigenvalue weighted by Gasteiger charge is -2.31. The highest BCUT2D eigenvalue weighted by atomic mass is 14.3. The van der Waals surface area contributed by atoms with Crippen LogP contribution in [0.3, 0.4) is 0 Å². The van der Waals surface area contributed by atoms with Crippen molar-refractivity contribution in [3.8, 4) is 0 Å². The van der Waals surface area contributed by atoms with E-state index in [1.807, 2.05) is 0 Å². The average Bonchev–Trinajstić information content (AvgIpc) is 2.28. The fourth-order valence-electron chi connectivity index (χ4n) is 2.12. The molecule has 19 heavy (non-hydrogen) atoms. The maximum atomic E-state index is 2.36. The van der Waals surface area contributed by atoms with E-state index in [-0.39, 0.29) is 5.41 Å². The molecule has 0 radical (unpaired) electrons. The zero-order chi connectivity index (χ0) is 14.8. The highest BCUT2D eigenvalue weighted by Gasteiger charge is 2.25. The maximum absolute atomic E-state index is 2.36. The first-order chi connectivity index (χ1) is 8.57. The molecule has 0 nitrogen and oxygen atoms in total. The van der Waals surface area contributed by atoms with E-state index in [0.717, 1.165) is 6.42 Å². The Balaban J connectivity index is 2.89. The van der Waals surface area contributed by atoms with E-state index in [0.29, 0.717) is 17.3 Å². The van der Waals surface area contributed by atoms with Gasteiger partial charge in [-0.05, 0) is 40.2 Å². The van der Waals surface area contributed by atoms with Crippen molar-refractivity contribution in [1.82, 2.24) is 0 Å². The summed E-state index contributed by atoms with van der Waals surface area (Å²) in [7, 11) is 0. The van der Waals surface area contributed by atoms with Crippen molar-refractivity contribution in [2.75, 3.05) is 0 Å². The monoisotopic (exact) mass is 260 g/mol. The second kappa shape index (κ2) is 5.69. The van der Waals surface area contributed by atoms with E-state index in [2.05, 4.69) is 79.7 Å². The van der Waals surface area contributed by atoms with Crippen molar-refractivity contribution < 1.29 is 0 Å². The van der Waals surface area contributed by atoms with Crippen LogP contribution in [0.4, 0.5) is 0 Å². The second-order valence-electron chi connectivity index (χ2n) is 7.89. The van der Waals surface area contributed by atoms with Crippen molar-refractivity contribution in [2.24, 2.45) is 17.3 Å². The van der Waals surface area contributed by atoms with Crippen LogP contribution in [0, 0.1) is 17.3 Å². The molecular weight excluding hydrogens is 228 g/mol. The van der Waals surface area contributed by atoms with E-state index in [9.17, 15) is 0 Å². The summed E-state index contributed by atoms with van der Waals surface area (Å²) in [5, 5.41) is 0. The third kappa shape index (κ3) is 3.84. The lowest BCUT2D eigenvalue weighted by Crippen LogP contribution is -2.25. The van der Waals surface area contributed by atoms with Crippen molar-refractivity contribution in [2.45, 2.75) is 67.2 Å². The molecule has 0 saturated carbocycles. The van der Waals surface area contributed by atoms with Crippen molar-refractivity contribution in [3.63, 3.8) is 0 Å². The molecule has 0 aliphatic heterocycles. The van der Waals surface area contributed by atoms with Gasteiger partial charge in [0.15, 0.2) is 0 Å². The first-order valence-electron chi connectivity index (χ1n) is 7.67. The van der Waals surface area contributed by atoms with Crippen molar-refractivity contribution in [1.29, 1.82) is 0 Å². The Morgan fingerprint density at radius 3 is 1.63 bits per heavy atom. The summed E-state index contributed by atoms with van der Waals surface area (Å²) in [4.78, 5) is 0. The van der Waals surface area contributed by atoms with Crippen LogP contribution in [0.15, 0.2) is 24.3 Å². The number of benzene rings is 1. The summed E-state index contributed by atoms with van der Waals surface area (Å²) in [5.41, 5.74) is 3.54. The van der Waals surface area contributed by atoms with E-state index < -0.39 is 0 Å². The van der Waals surface area contributed by atoms with E-state index in [1.54, 1.807) is 0 Å². The lowest BCUT2D eigenvalue weighted by molar-refractivity contribution is 0.248. The topological polar surface area (TPSA) is 0 Å². The molecule has 0 spiro atoms. The predicted octanol–water partition coefficient (Wildman–Crippen LogP) is 5.84. The Kier molecular flexibility index (Phi) is 4.87. The quantitative estimate of drug-likeness (QED) is 0.623. The zero-order valence-corrected chi connectivity index (χ0v) is 14.2. The van der Waals surface area contributed by atoms with Crippen molar-refractivity contribution >= 4 is 0 Å². The van der Waals surface area contributed by atoms with Crippen LogP contribution in [-0.4, -0.2) is 0 Å². The second-order valence-corrected chi connectivity index (χ2v) is 7.89. The van der Waals surface area contributed by atoms with E-state index >= 15 is 0 Å². The Bertz CT molecular complexity index is 391. The number of hydrogen-bond donors (Lipinski definition) is 0. The van der Waals surface area contributed by atoms with Gasteiger partial charge in [-0.15, -0.1) is 0 Å². The molecule has 1 rings (SSSR count). The minimum absolute atomic E-state index is 0.256. The fraction of sp³-hybridized carbons (Fsp3) is 0.684.